The summed E-state index contributed by atoms with van der Waals surface area (Å²) in [4.78, 5) is 0. The third-order valence-electron chi connectivity index (χ3n) is 2.54. The number of rotatable bonds is 6. The van der Waals surface area contributed by atoms with Crippen molar-refractivity contribution in [3.8, 4) is 5.75 Å². The van der Waals surface area contributed by atoms with E-state index < -0.39 is 0 Å². The molecule has 0 bridgehead atoms. The molecule has 0 N–H and O–H groups in total. The Kier molecular flexibility index (Phi) is 5.21. The number of para-hydroxylation sites is 1. The van der Waals surface area contributed by atoms with Crippen molar-refractivity contribution in [3.63, 3.8) is 0 Å². The van der Waals surface area contributed by atoms with Crippen LogP contribution in [0.2, 0.25) is 0 Å². The highest BCUT2D eigenvalue weighted by molar-refractivity contribution is 5.20. The Morgan fingerprint density at radius 3 is 2.06 bits per heavy atom. The molecule has 0 aliphatic rings. The van der Waals surface area contributed by atoms with E-state index in [2.05, 4.69) is 34.6 Å². The molecule has 102 valence electrons. The minimum atomic E-state index is -0.0989. The second-order valence-electron chi connectivity index (χ2n) is 6.51. The van der Waals surface area contributed by atoms with Gasteiger partial charge in [0.15, 0.2) is 0 Å². The Morgan fingerprint density at radius 1 is 0.889 bits per heavy atom. The minimum Gasteiger partial charge on any atom is -0.491 e. The van der Waals surface area contributed by atoms with Gasteiger partial charge in [-0.3, -0.25) is 0 Å². The first-order valence-electron chi connectivity index (χ1n) is 6.60. The fourth-order valence-corrected chi connectivity index (χ4v) is 2.32. The quantitative estimate of drug-likeness (QED) is 0.701. The molecule has 0 radical (unpaired) electrons. The van der Waals surface area contributed by atoms with Crippen molar-refractivity contribution in [2.75, 3.05) is 13.2 Å². The average molecular weight is 250 g/mol. The zero-order valence-electron chi connectivity index (χ0n) is 12.3. The third-order valence-corrected chi connectivity index (χ3v) is 2.54. The second-order valence-corrected chi connectivity index (χ2v) is 6.51. The van der Waals surface area contributed by atoms with E-state index in [9.17, 15) is 0 Å². The van der Waals surface area contributed by atoms with E-state index in [1.54, 1.807) is 0 Å². The lowest BCUT2D eigenvalue weighted by molar-refractivity contribution is -0.0525. The van der Waals surface area contributed by atoms with Crippen LogP contribution in [-0.2, 0) is 4.74 Å². The monoisotopic (exact) mass is 250 g/mol. The molecule has 18 heavy (non-hydrogen) atoms. The van der Waals surface area contributed by atoms with Crippen LogP contribution in [0, 0.1) is 5.41 Å². The molecule has 2 nitrogen and oxygen atoms in total. The molecule has 1 rings (SSSR count). The number of ether oxygens (including phenoxy) is 2. The van der Waals surface area contributed by atoms with Crippen molar-refractivity contribution in [2.45, 2.75) is 46.6 Å². The van der Waals surface area contributed by atoms with Crippen LogP contribution in [0.5, 0.6) is 5.75 Å². The van der Waals surface area contributed by atoms with Crippen molar-refractivity contribution < 1.29 is 9.47 Å². The van der Waals surface area contributed by atoms with E-state index in [0.717, 1.165) is 12.2 Å². The molecule has 0 aliphatic heterocycles. The highest BCUT2D eigenvalue weighted by atomic mass is 16.5. The first-order chi connectivity index (χ1) is 8.29. The van der Waals surface area contributed by atoms with Gasteiger partial charge in [-0.1, -0.05) is 39.0 Å². The summed E-state index contributed by atoms with van der Waals surface area (Å²) in [5.41, 5.74) is 0.183. The number of hydrogen-bond acceptors (Lipinski definition) is 2. The summed E-state index contributed by atoms with van der Waals surface area (Å²) >= 11 is 0. The van der Waals surface area contributed by atoms with Crippen LogP contribution in [-0.4, -0.2) is 18.8 Å². The summed E-state index contributed by atoms with van der Waals surface area (Å²) in [6.45, 7) is 12.2. The van der Waals surface area contributed by atoms with Gasteiger partial charge in [0.25, 0.3) is 0 Å². The van der Waals surface area contributed by atoms with E-state index in [1.807, 2.05) is 30.3 Å². The molecule has 2 heteroatoms. The Hall–Kier alpha value is -1.02. The van der Waals surface area contributed by atoms with Gasteiger partial charge in [-0.05, 0) is 37.8 Å². The van der Waals surface area contributed by atoms with Crippen molar-refractivity contribution in [1.29, 1.82) is 0 Å². The smallest absolute Gasteiger partial charge is 0.119 e. The van der Waals surface area contributed by atoms with Crippen LogP contribution in [0.25, 0.3) is 0 Å². The largest absolute Gasteiger partial charge is 0.491 e. The minimum absolute atomic E-state index is 0.0989. The SMILES string of the molecule is CC(C)(C)CC(C)(C)OCCOc1ccccc1. The van der Waals surface area contributed by atoms with Crippen LogP contribution in [0.3, 0.4) is 0 Å². The van der Waals surface area contributed by atoms with Gasteiger partial charge in [-0.15, -0.1) is 0 Å². The summed E-state index contributed by atoms with van der Waals surface area (Å²) < 4.78 is 11.5. The molecule has 0 saturated carbocycles. The Bertz CT molecular complexity index is 336. The fourth-order valence-electron chi connectivity index (χ4n) is 2.32. The predicted molar refractivity (Wildman–Crippen MR) is 76.0 cm³/mol. The fraction of sp³-hybridized carbons (Fsp3) is 0.625. The maximum Gasteiger partial charge on any atom is 0.119 e. The second kappa shape index (κ2) is 6.24. The Balaban J connectivity index is 2.25. The average Bonchev–Trinajstić information content (AvgIpc) is 2.23. The highest BCUT2D eigenvalue weighted by Gasteiger charge is 2.25. The summed E-state index contributed by atoms with van der Waals surface area (Å²) in [5, 5.41) is 0. The first kappa shape index (κ1) is 15.0. The van der Waals surface area contributed by atoms with Gasteiger partial charge >= 0.3 is 0 Å². The Labute approximate surface area is 111 Å². The van der Waals surface area contributed by atoms with Crippen LogP contribution in [0.1, 0.15) is 41.0 Å². The highest BCUT2D eigenvalue weighted by Crippen LogP contribution is 2.29. The lowest BCUT2D eigenvalue weighted by Crippen LogP contribution is -2.31. The van der Waals surface area contributed by atoms with Crippen molar-refractivity contribution >= 4 is 0 Å². The summed E-state index contributed by atoms with van der Waals surface area (Å²) in [5.74, 6) is 0.898. The van der Waals surface area contributed by atoms with E-state index in [4.69, 9.17) is 9.47 Å². The van der Waals surface area contributed by atoms with Gasteiger partial charge in [-0.25, -0.2) is 0 Å². The Morgan fingerprint density at radius 2 is 1.50 bits per heavy atom. The van der Waals surface area contributed by atoms with E-state index in [1.165, 1.54) is 0 Å². The summed E-state index contributed by atoms with van der Waals surface area (Å²) in [6, 6.07) is 9.84. The number of hydrogen-bond donors (Lipinski definition) is 0. The van der Waals surface area contributed by atoms with Crippen molar-refractivity contribution in [2.24, 2.45) is 5.41 Å². The van der Waals surface area contributed by atoms with Crippen LogP contribution >= 0.6 is 0 Å². The van der Waals surface area contributed by atoms with Crippen LogP contribution < -0.4 is 4.74 Å². The molecule has 0 saturated heterocycles. The lowest BCUT2D eigenvalue weighted by Gasteiger charge is -2.32. The van der Waals surface area contributed by atoms with E-state index in [0.29, 0.717) is 13.2 Å². The van der Waals surface area contributed by atoms with Crippen LogP contribution in [0.15, 0.2) is 30.3 Å². The van der Waals surface area contributed by atoms with Gasteiger partial charge in [0.2, 0.25) is 0 Å². The van der Waals surface area contributed by atoms with Gasteiger partial charge < -0.3 is 9.47 Å². The molecule has 0 unspecified atom stereocenters. The molecule has 1 aromatic carbocycles. The molecule has 0 atom stereocenters. The zero-order chi connectivity index (χ0) is 13.6. The summed E-state index contributed by atoms with van der Waals surface area (Å²) in [6.07, 6.45) is 1.03. The molecule has 1 aromatic rings. The van der Waals surface area contributed by atoms with Gasteiger partial charge in [0, 0.05) is 0 Å². The van der Waals surface area contributed by atoms with E-state index in [-0.39, 0.29) is 11.0 Å². The van der Waals surface area contributed by atoms with Crippen LogP contribution in [0.4, 0.5) is 0 Å². The molecular weight excluding hydrogens is 224 g/mol. The van der Waals surface area contributed by atoms with Crippen molar-refractivity contribution in [1.82, 2.24) is 0 Å². The van der Waals surface area contributed by atoms with E-state index >= 15 is 0 Å². The normalized spacial score (nSPS) is 12.5. The molecule has 0 aromatic heterocycles. The standard InChI is InChI=1S/C16H26O2/c1-15(2,3)13-16(4,5)18-12-11-17-14-9-7-6-8-10-14/h6-10H,11-13H2,1-5H3. The third kappa shape index (κ3) is 6.65. The van der Waals surface area contributed by atoms with Gasteiger partial charge in [0.05, 0.1) is 12.2 Å². The first-order valence-corrected chi connectivity index (χ1v) is 6.60. The molecule has 0 spiro atoms. The maximum absolute atomic E-state index is 5.90. The van der Waals surface area contributed by atoms with Gasteiger partial charge in [0.1, 0.15) is 12.4 Å². The molecular formula is C16H26O2. The summed E-state index contributed by atoms with van der Waals surface area (Å²) in [7, 11) is 0. The molecule has 0 fully saturated rings. The zero-order valence-corrected chi connectivity index (χ0v) is 12.3. The molecule has 0 heterocycles. The topological polar surface area (TPSA) is 18.5 Å². The molecule has 0 aliphatic carbocycles. The van der Waals surface area contributed by atoms with Gasteiger partial charge in [-0.2, -0.15) is 0 Å². The van der Waals surface area contributed by atoms with Crippen molar-refractivity contribution in [3.05, 3.63) is 30.3 Å². The predicted octanol–water partition coefficient (Wildman–Crippen LogP) is 4.30. The molecule has 0 amide bonds. The lowest BCUT2D eigenvalue weighted by atomic mass is 9.84. The maximum atomic E-state index is 5.90. The number of benzene rings is 1.